The Bertz CT molecular complexity index is 608. The predicted octanol–water partition coefficient (Wildman–Crippen LogP) is 3.27. The molecule has 0 aliphatic heterocycles. The third-order valence-corrected chi connectivity index (χ3v) is 4.38. The minimum atomic E-state index is -1.02. The molecular formula is C17H19NO2S. The van der Waals surface area contributed by atoms with E-state index >= 15 is 0 Å². The Labute approximate surface area is 127 Å². The highest BCUT2D eigenvalue weighted by Crippen LogP contribution is 2.08. The lowest BCUT2D eigenvalue weighted by molar-refractivity contribution is -0.115. The molecule has 0 saturated carbocycles. The highest BCUT2D eigenvalue weighted by molar-refractivity contribution is 7.84. The Kier molecular flexibility index (Phi) is 5.69. The monoisotopic (exact) mass is 301 g/mol. The molecule has 1 unspecified atom stereocenters. The van der Waals surface area contributed by atoms with Crippen LogP contribution in [0.4, 0.5) is 5.69 Å². The minimum Gasteiger partial charge on any atom is -0.326 e. The van der Waals surface area contributed by atoms with Gasteiger partial charge in [0.2, 0.25) is 5.91 Å². The quantitative estimate of drug-likeness (QED) is 0.890. The van der Waals surface area contributed by atoms with Crippen molar-refractivity contribution in [3.8, 4) is 0 Å². The summed E-state index contributed by atoms with van der Waals surface area (Å²) in [6.45, 7) is 2.02. The number of nitrogens with one attached hydrogen (secondary N) is 1. The highest BCUT2D eigenvalue weighted by atomic mass is 32.2. The molecule has 0 saturated heterocycles. The second kappa shape index (κ2) is 7.74. The molecule has 3 nitrogen and oxygen atoms in total. The van der Waals surface area contributed by atoms with Crippen molar-refractivity contribution in [2.45, 2.75) is 19.1 Å². The normalized spacial score (nSPS) is 11.9. The number of hydrogen-bond acceptors (Lipinski definition) is 2. The van der Waals surface area contributed by atoms with Gasteiger partial charge in [-0.05, 0) is 24.6 Å². The lowest BCUT2D eigenvalue weighted by Crippen LogP contribution is -2.15. The van der Waals surface area contributed by atoms with Crippen LogP contribution in [0.3, 0.4) is 0 Å². The van der Waals surface area contributed by atoms with Crippen LogP contribution >= 0.6 is 0 Å². The summed E-state index contributed by atoms with van der Waals surface area (Å²) >= 11 is 0. The Hall–Kier alpha value is -1.94. The molecule has 1 N–H and O–H groups in total. The van der Waals surface area contributed by atoms with E-state index in [1.807, 2.05) is 61.5 Å². The van der Waals surface area contributed by atoms with Gasteiger partial charge in [0.1, 0.15) is 0 Å². The van der Waals surface area contributed by atoms with Crippen LogP contribution in [-0.2, 0) is 21.3 Å². The van der Waals surface area contributed by atoms with Gasteiger partial charge in [-0.1, -0.05) is 48.0 Å². The van der Waals surface area contributed by atoms with E-state index in [-0.39, 0.29) is 12.3 Å². The first kappa shape index (κ1) is 15.4. The Morgan fingerprint density at radius 1 is 1.05 bits per heavy atom. The molecular weight excluding hydrogens is 282 g/mol. The fourth-order valence-electron chi connectivity index (χ4n) is 1.89. The van der Waals surface area contributed by atoms with Gasteiger partial charge in [0, 0.05) is 34.4 Å². The van der Waals surface area contributed by atoms with E-state index in [1.165, 1.54) is 5.56 Å². The molecule has 0 radical (unpaired) electrons. The molecule has 0 spiro atoms. The van der Waals surface area contributed by atoms with Crippen LogP contribution < -0.4 is 5.32 Å². The van der Waals surface area contributed by atoms with Crippen molar-refractivity contribution >= 4 is 22.4 Å². The van der Waals surface area contributed by atoms with E-state index in [4.69, 9.17) is 0 Å². The topological polar surface area (TPSA) is 46.2 Å². The summed E-state index contributed by atoms with van der Waals surface area (Å²) in [5, 5.41) is 2.80. The van der Waals surface area contributed by atoms with Crippen molar-refractivity contribution in [2.75, 3.05) is 11.1 Å². The van der Waals surface area contributed by atoms with Crippen LogP contribution in [0.5, 0.6) is 0 Å². The zero-order valence-electron chi connectivity index (χ0n) is 12.0. The molecule has 2 aromatic carbocycles. The third kappa shape index (κ3) is 5.52. The van der Waals surface area contributed by atoms with Crippen molar-refractivity contribution in [2.24, 2.45) is 0 Å². The standard InChI is InChI=1S/C17H19NO2S/c1-14-7-9-15(10-8-14)13-21(20)12-11-17(19)18-16-5-3-2-4-6-16/h2-10H,11-13H2,1H3,(H,18,19). The van der Waals surface area contributed by atoms with Crippen LogP contribution in [0, 0.1) is 6.92 Å². The van der Waals surface area contributed by atoms with Crippen molar-refractivity contribution < 1.29 is 9.00 Å². The zero-order valence-corrected chi connectivity index (χ0v) is 12.9. The number of amides is 1. The Balaban J connectivity index is 1.76. The average Bonchev–Trinajstić information content (AvgIpc) is 2.49. The van der Waals surface area contributed by atoms with Gasteiger partial charge < -0.3 is 5.32 Å². The van der Waals surface area contributed by atoms with Crippen LogP contribution in [-0.4, -0.2) is 15.9 Å². The number of carbonyl (C=O) groups is 1. The van der Waals surface area contributed by atoms with Crippen LogP contribution in [0.2, 0.25) is 0 Å². The zero-order chi connectivity index (χ0) is 15.1. The molecule has 1 amide bonds. The number of aryl methyl sites for hydroxylation is 1. The summed E-state index contributed by atoms with van der Waals surface area (Å²) in [6.07, 6.45) is 0.271. The van der Waals surface area contributed by atoms with Gasteiger partial charge in [0.15, 0.2) is 0 Å². The first-order valence-corrected chi connectivity index (χ1v) is 8.38. The van der Waals surface area contributed by atoms with Gasteiger partial charge in [-0.25, -0.2) is 0 Å². The maximum atomic E-state index is 12.0. The number of anilines is 1. The van der Waals surface area contributed by atoms with Gasteiger partial charge in [-0.2, -0.15) is 0 Å². The summed E-state index contributed by atoms with van der Waals surface area (Å²) < 4.78 is 12.0. The number of para-hydroxylation sites is 1. The maximum absolute atomic E-state index is 12.0. The first-order chi connectivity index (χ1) is 10.1. The van der Waals surface area contributed by atoms with Gasteiger partial charge in [-0.3, -0.25) is 9.00 Å². The molecule has 2 rings (SSSR count). The van der Waals surface area contributed by atoms with Gasteiger partial charge in [0.05, 0.1) is 0 Å². The first-order valence-electron chi connectivity index (χ1n) is 6.89. The maximum Gasteiger partial charge on any atom is 0.225 e. The van der Waals surface area contributed by atoms with Crippen molar-refractivity contribution in [3.05, 3.63) is 65.7 Å². The molecule has 4 heteroatoms. The number of carbonyl (C=O) groups excluding carboxylic acids is 1. The number of rotatable bonds is 6. The smallest absolute Gasteiger partial charge is 0.225 e. The Morgan fingerprint density at radius 2 is 1.71 bits per heavy atom. The molecule has 2 aromatic rings. The molecule has 110 valence electrons. The van der Waals surface area contributed by atoms with Crippen LogP contribution in [0.1, 0.15) is 17.5 Å². The lowest BCUT2D eigenvalue weighted by atomic mass is 10.2. The van der Waals surface area contributed by atoms with Crippen LogP contribution in [0.25, 0.3) is 0 Å². The van der Waals surface area contributed by atoms with E-state index in [0.717, 1.165) is 11.3 Å². The number of hydrogen-bond donors (Lipinski definition) is 1. The van der Waals surface area contributed by atoms with Crippen molar-refractivity contribution in [1.82, 2.24) is 0 Å². The highest BCUT2D eigenvalue weighted by Gasteiger charge is 2.07. The summed E-state index contributed by atoms with van der Waals surface area (Å²) in [6, 6.07) is 17.3. The molecule has 0 heterocycles. The molecule has 0 aliphatic rings. The molecule has 0 aromatic heterocycles. The summed E-state index contributed by atoms with van der Waals surface area (Å²) in [4.78, 5) is 11.8. The summed E-state index contributed by atoms with van der Waals surface area (Å²) in [7, 11) is -1.02. The van der Waals surface area contributed by atoms with E-state index in [0.29, 0.717) is 11.5 Å². The van der Waals surface area contributed by atoms with Gasteiger partial charge in [-0.15, -0.1) is 0 Å². The minimum absolute atomic E-state index is 0.0987. The molecule has 0 fully saturated rings. The third-order valence-electron chi connectivity index (χ3n) is 3.06. The fraction of sp³-hybridized carbons (Fsp3) is 0.235. The second-order valence-corrected chi connectivity index (χ2v) is 6.51. The van der Waals surface area contributed by atoms with E-state index in [2.05, 4.69) is 5.32 Å². The van der Waals surface area contributed by atoms with Gasteiger partial charge >= 0.3 is 0 Å². The van der Waals surface area contributed by atoms with E-state index < -0.39 is 10.8 Å². The van der Waals surface area contributed by atoms with E-state index in [9.17, 15) is 9.00 Å². The summed E-state index contributed by atoms with van der Waals surface area (Å²) in [5.74, 6) is 0.782. The van der Waals surface area contributed by atoms with Crippen LogP contribution in [0.15, 0.2) is 54.6 Å². The molecule has 1 atom stereocenters. The lowest BCUT2D eigenvalue weighted by Gasteiger charge is -2.05. The van der Waals surface area contributed by atoms with Crippen molar-refractivity contribution in [3.63, 3.8) is 0 Å². The van der Waals surface area contributed by atoms with E-state index in [1.54, 1.807) is 0 Å². The predicted molar refractivity (Wildman–Crippen MR) is 87.6 cm³/mol. The fourth-order valence-corrected chi connectivity index (χ4v) is 3.02. The second-order valence-electron chi connectivity index (χ2n) is 4.94. The molecule has 0 aliphatic carbocycles. The molecule has 21 heavy (non-hydrogen) atoms. The SMILES string of the molecule is Cc1ccc(CS(=O)CCC(=O)Nc2ccccc2)cc1. The van der Waals surface area contributed by atoms with Crippen molar-refractivity contribution in [1.29, 1.82) is 0 Å². The largest absolute Gasteiger partial charge is 0.326 e. The summed E-state index contributed by atoms with van der Waals surface area (Å²) in [5.41, 5.74) is 3.00. The number of benzene rings is 2. The molecule has 0 bridgehead atoms. The van der Waals surface area contributed by atoms with Gasteiger partial charge in [0.25, 0.3) is 0 Å². The Morgan fingerprint density at radius 3 is 2.38 bits per heavy atom. The average molecular weight is 301 g/mol.